The summed E-state index contributed by atoms with van der Waals surface area (Å²) < 4.78 is 6.31. The number of aromatic carboxylic acids is 1. The van der Waals surface area contributed by atoms with Gasteiger partial charge in [-0.25, -0.2) is 4.79 Å². The molecule has 1 saturated heterocycles. The van der Waals surface area contributed by atoms with Crippen molar-refractivity contribution in [1.29, 1.82) is 0 Å². The van der Waals surface area contributed by atoms with Crippen molar-refractivity contribution in [2.24, 2.45) is 0 Å². The van der Waals surface area contributed by atoms with Crippen LogP contribution in [0.3, 0.4) is 0 Å². The van der Waals surface area contributed by atoms with E-state index in [1.165, 1.54) is 11.8 Å². The molecular formula is C20H17NO4S2. The largest absolute Gasteiger partial charge is 0.489 e. The molecule has 138 valence electrons. The Balaban J connectivity index is 1.62. The van der Waals surface area contributed by atoms with Crippen molar-refractivity contribution in [3.8, 4) is 5.75 Å². The number of thioether (sulfide) groups is 1. The van der Waals surface area contributed by atoms with Gasteiger partial charge in [-0.1, -0.05) is 48.2 Å². The predicted molar refractivity (Wildman–Crippen MR) is 110 cm³/mol. The van der Waals surface area contributed by atoms with Crippen molar-refractivity contribution in [2.45, 2.75) is 13.5 Å². The molecule has 1 amide bonds. The molecule has 0 radical (unpaired) electrons. The molecule has 27 heavy (non-hydrogen) atoms. The van der Waals surface area contributed by atoms with Crippen molar-refractivity contribution < 1.29 is 19.4 Å². The Morgan fingerprint density at radius 2 is 1.85 bits per heavy atom. The van der Waals surface area contributed by atoms with Gasteiger partial charge < -0.3 is 9.84 Å². The number of thiocarbonyl (C=S) groups is 1. The Hall–Kier alpha value is -2.64. The number of amides is 1. The van der Waals surface area contributed by atoms with Crippen LogP contribution in [0.1, 0.15) is 28.4 Å². The zero-order valence-corrected chi connectivity index (χ0v) is 16.2. The molecule has 1 heterocycles. The Kier molecular flexibility index (Phi) is 5.93. The first kappa shape index (κ1) is 19.1. The lowest BCUT2D eigenvalue weighted by molar-refractivity contribution is -0.121. The van der Waals surface area contributed by atoms with Gasteiger partial charge in [0.25, 0.3) is 5.91 Å². The lowest BCUT2D eigenvalue weighted by Gasteiger charge is -2.09. The molecule has 0 bridgehead atoms. The lowest BCUT2D eigenvalue weighted by Crippen LogP contribution is -2.27. The summed E-state index contributed by atoms with van der Waals surface area (Å²) >= 11 is 6.52. The summed E-state index contributed by atoms with van der Waals surface area (Å²) in [4.78, 5) is 25.3. The molecular weight excluding hydrogens is 382 g/mol. The molecule has 0 saturated carbocycles. The molecule has 2 aromatic carbocycles. The van der Waals surface area contributed by atoms with Gasteiger partial charge in [-0.05, 0) is 48.4 Å². The Morgan fingerprint density at radius 3 is 2.41 bits per heavy atom. The minimum absolute atomic E-state index is 0.0577. The second-order valence-corrected chi connectivity index (χ2v) is 7.46. The van der Waals surface area contributed by atoms with Crippen LogP contribution in [0.4, 0.5) is 0 Å². The highest BCUT2D eigenvalue weighted by atomic mass is 32.2. The minimum Gasteiger partial charge on any atom is -0.489 e. The van der Waals surface area contributed by atoms with E-state index < -0.39 is 5.97 Å². The second kappa shape index (κ2) is 8.37. The highest BCUT2D eigenvalue weighted by Gasteiger charge is 2.30. The Morgan fingerprint density at radius 1 is 1.19 bits per heavy atom. The third-order valence-electron chi connectivity index (χ3n) is 3.97. The second-order valence-electron chi connectivity index (χ2n) is 5.79. The van der Waals surface area contributed by atoms with Gasteiger partial charge in [0.05, 0.1) is 10.5 Å². The molecule has 7 heteroatoms. The molecule has 0 unspecified atom stereocenters. The standard InChI is InChI=1S/C20H17NO4S2/c1-2-21-18(22)17(27-20(21)26)11-13-5-9-16(10-6-13)25-12-14-3-7-15(8-4-14)19(23)24/h3-11H,2,12H2,1H3,(H,23,24)/b17-11-. The highest BCUT2D eigenvalue weighted by Crippen LogP contribution is 2.32. The van der Waals surface area contributed by atoms with E-state index in [9.17, 15) is 9.59 Å². The van der Waals surface area contributed by atoms with Crippen molar-refractivity contribution in [3.05, 3.63) is 70.1 Å². The zero-order chi connectivity index (χ0) is 19.4. The zero-order valence-electron chi connectivity index (χ0n) is 14.5. The van der Waals surface area contributed by atoms with E-state index in [4.69, 9.17) is 22.1 Å². The number of carboxylic acids is 1. The predicted octanol–water partition coefficient (Wildman–Crippen LogP) is 4.18. The molecule has 2 aromatic rings. The number of rotatable bonds is 6. The number of carboxylic acid groups (broad SMARTS) is 1. The molecule has 0 atom stereocenters. The van der Waals surface area contributed by atoms with Gasteiger partial charge in [-0.3, -0.25) is 9.69 Å². The Bertz CT molecular complexity index is 905. The van der Waals surface area contributed by atoms with E-state index >= 15 is 0 Å². The summed E-state index contributed by atoms with van der Waals surface area (Å²) in [7, 11) is 0. The van der Waals surface area contributed by atoms with Gasteiger partial charge in [0.1, 0.15) is 16.7 Å². The third kappa shape index (κ3) is 4.56. The molecule has 3 rings (SSSR count). The summed E-state index contributed by atoms with van der Waals surface area (Å²) in [6.45, 7) is 2.81. The quantitative estimate of drug-likeness (QED) is 0.580. The molecule has 5 nitrogen and oxygen atoms in total. The highest BCUT2D eigenvalue weighted by molar-refractivity contribution is 8.26. The number of nitrogens with zero attached hydrogens (tertiary/aromatic N) is 1. The molecule has 1 aliphatic heterocycles. The van der Waals surface area contributed by atoms with E-state index in [0.717, 1.165) is 11.1 Å². The SMILES string of the molecule is CCN1C(=O)/C(=C/c2ccc(OCc3ccc(C(=O)O)cc3)cc2)SC1=S. The van der Waals surface area contributed by atoms with Crippen molar-refractivity contribution in [2.75, 3.05) is 6.54 Å². The number of carbonyl (C=O) groups excluding carboxylic acids is 1. The van der Waals surface area contributed by atoms with Crippen LogP contribution in [0.25, 0.3) is 6.08 Å². The smallest absolute Gasteiger partial charge is 0.335 e. The number of benzene rings is 2. The lowest BCUT2D eigenvalue weighted by atomic mass is 10.1. The minimum atomic E-state index is -0.950. The molecule has 1 N–H and O–H groups in total. The number of likely N-dealkylation sites (N-methyl/N-ethyl adjacent to an activating group) is 1. The van der Waals surface area contributed by atoms with E-state index in [0.29, 0.717) is 28.1 Å². The van der Waals surface area contributed by atoms with Gasteiger partial charge in [-0.2, -0.15) is 0 Å². The van der Waals surface area contributed by atoms with Crippen LogP contribution in [-0.2, 0) is 11.4 Å². The fraction of sp³-hybridized carbons (Fsp3) is 0.150. The van der Waals surface area contributed by atoms with Gasteiger partial charge in [0.15, 0.2) is 0 Å². The van der Waals surface area contributed by atoms with Crippen LogP contribution in [0.15, 0.2) is 53.4 Å². The molecule has 1 fully saturated rings. The van der Waals surface area contributed by atoms with Gasteiger partial charge in [0, 0.05) is 6.54 Å². The summed E-state index contributed by atoms with van der Waals surface area (Å²) in [5, 5.41) is 8.90. The fourth-order valence-electron chi connectivity index (χ4n) is 2.49. The van der Waals surface area contributed by atoms with E-state index in [1.807, 2.05) is 37.3 Å². The van der Waals surface area contributed by atoms with Crippen LogP contribution in [-0.4, -0.2) is 32.7 Å². The molecule has 0 aliphatic carbocycles. The average molecular weight is 399 g/mol. The maximum Gasteiger partial charge on any atom is 0.335 e. The van der Waals surface area contributed by atoms with Crippen LogP contribution >= 0.6 is 24.0 Å². The van der Waals surface area contributed by atoms with Crippen LogP contribution in [0.2, 0.25) is 0 Å². The summed E-state index contributed by atoms with van der Waals surface area (Å²) in [5.74, 6) is -0.317. The number of carbonyl (C=O) groups is 2. The number of hydrogen-bond donors (Lipinski definition) is 1. The monoisotopic (exact) mass is 399 g/mol. The van der Waals surface area contributed by atoms with Crippen LogP contribution in [0.5, 0.6) is 5.75 Å². The third-order valence-corrected chi connectivity index (χ3v) is 5.35. The summed E-state index contributed by atoms with van der Waals surface area (Å²) in [5.41, 5.74) is 2.02. The van der Waals surface area contributed by atoms with Crippen molar-refractivity contribution in [3.63, 3.8) is 0 Å². The topological polar surface area (TPSA) is 66.8 Å². The van der Waals surface area contributed by atoms with Crippen molar-refractivity contribution in [1.82, 2.24) is 4.90 Å². The van der Waals surface area contributed by atoms with Crippen molar-refractivity contribution >= 4 is 46.3 Å². The summed E-state index contributed by atoms with van der Waals surface area (Å²) in [6.07, 6.45) is 1.82. The number of hydrogen-bond acceptors (Lipinski definition) is 5. The Labute approximate surface area is 166 Å². The first-order valence-electron chi connectivity index (χ1n) is 8.28. The molecule has 1 aliphatic rings. The van der Waals surface area contributed by atoms with Gasteiger partial charge in [-0.15, -0.1) is 0 Å². The van der Waals surface area contributed by atoms with Gasteiger partial charge in [0.2, 0.25) is 0 Å². The first-order valence-corrected chi connectivity index (χ1v) is 9.51. The maximum atomic E-state index is 12.2. The van der Waals surface area contributed by atoms with Crippen LogP contribution < -0.4 is 4.74 Å². The van der Waals surface area contributed by atoms with E-state index in [-0.39, 0.29) is 11.5 Å². The van der Waals surface area contributed by atoms with E-state index in [1.54, 1.807) is 29.2 Å². The average Bonchev–Trinajstić information content (AvgIpc) is 2.94. The first-order chi connectivity index (χ1) is 13.0. The fourth-order valence-corrected chi connectivity index (χ4v) is 3.88. The summed E-state index contributed by atoms with van der Waals surface area (Å²) in [6, 6.07) is 14.0. The maximum absolute atomic E-state index is 12.2. The normalized spacial score (nSPS) is 15.4. The number of ether oxygens (including phenoxy) is 1. The molecule has 0 aromatic heterocycles. The van der Waals surface area contributed by atoms with E-state index in [2.05, 4.69) is 0 Å². The van der Waals surface area contributed by atoms with Gasteiger partial charge >= 0.3 is 5.97 Å². The molecule has 0 spiro atoms. The van der Waals surface area contributed by atoms with Crippen LogP contribution in [0, 0.1) is 0 Å².